The molecule has 4 heteroatoms. The van der Waals surface area contributed by atoms with Crippen molar-refractivity contribution in [1.29, 1.82) is 0 Å². The zero-order valence-corrected chi connectivity index (χ0v) is 6.09. The Morgan fingerprint density at radius 2 is 2.40 bits per heavy atom. The molecule has 0 aliphatic rings. The number of carbonyl (C=O) groups is 1. The average molecular weight is 147 g/mol. The Bertz CT molecular complexity index is 95.0. The number of hydrogen-bond donors (Lipinski definition) is 2. The maximum absolute atomic E-state index is 10.6. The van der Waals surface area contributed by atoms with Crippen molar-refractivity contribution >= 4 is 5.97 Å². The number of esters is 1. The van der Waals surface area contributed by atoms with Crippen LogP contribution in [-0.2, 0) is 9.53 Å². The average Bonchev–Trinajstić information content (AvgIpc) is 1.89. The van der Waals surface area contributed by atoms with Crippen LogP contribution < -0.4 is 5.48 Å². The lowest BCUT2D eigenvalue weighted by molar-refractivity contribution is -0.143. The third kappa shape index (κ3) is 5.53. The zero-order chi connectivity index (χ0) is 7.82. The molecule has 10 heavy (non-hydrogen) atoms. The van der Waals surface area contributed by atoms with Crippen LogP contribution in [0, 0.1) is 0 Å². The van der Waals surface area contributed by atoms with E-state index in [1.54, 1.807) is 6.92 Å². The molecule has 0 rings (SSSR count). The van der Waals surface area contributed by atoms with E-state index in [9.17, 15) is 4.79 Å². The Hall–Kier alpha value is -0.610. The van der Waals surface area contributed by atoms with Gasteiger partial charge in [0.1, 0.15) is 0 Å². The van der Waals surface area contributed by atoms with E-state index in [2.05, 4.69) is 4.74 Å². The second-order valence-corrected chi connectivity index (χ2v) is 1.82. The lowest BCUT2D eigenvalue weighted by atomic mass is 10.3. The van der Waals surface area contributed by atoms with Gasteiger partial charge >= 0.3 is 5.97 Å². The Kier molecular flexibility index (Phi) is 6.11. The third-order valence-electron chi connectivity index (χ3n) is 0.975. The minimum atomic E-state index is -0.210. The molecule has 0 atom stereocenters. The van der Waals surface area contributed by atoms with Crippen molar-refractivity contribution in [2.24, 2.45) is 0 Å². The summed E-state index contributed by atoms with van der Waals surface area (Å²) in [5.41, 5.74) is 1.96. The highest BCUT2D eigenvalue weighted by atomic mass is 16.5. The molecule has 0 amide bonds. The summed E-state index contributed by atoms with van der Waals surface area (Å²) >= 11 is 0. The molecule has 0 aliphatic carbocycles. The van der Waals surface area contributed by atoms with Gasteiger partial charge in [-0.1, -0.05) is 0 Å². The Morgan fingerprint density at radius 1 is 1.70 bits per heavy atom. The fraction of sp³-hybridized carbons (Fsp3) is 0.833. The van der Waals surface area contributed by atoms with E-state index in [0.717, 1.165) is 0 Å². The first-order valence-electron chi connectivity index (χ1n) is 3.33. The third-order valence-corrected chi connectivity index (χ3v) is 0.975. The van der Waals surface area contributed by atoms with Gasteiger partial charge < -0.3 is 9.94 Å². The number of rotatable bonds is 5. The molecule has 0 unspecified atom stereocenters. The highest BCUT2D eigenvalue weighted by Crippen LogP contribution is 1.90. The second kappa shape index (κ2) is 6.51. The van der Waals surface area contributed by atoms with E-state index < -0.39 is 0 Å². The molecular formula is C6H13NO3. The van der Waals surface area contributed by atoms with Crippen molar-refractivity contribution in [3.8, 4) is 0 Å². The molecule has 0 heterocycles. The van der Waals surface area contributed by atoms with E-state index in [4.69, 9.17) is 5.21 Å². The van der Waals surface area contributed by atoms with E-state index in [1.807, 2.05) is 5.48 Å². The quantitative estimate of drug-likeness (QED) is 0.334. The molecule has 0 aromatic carbocycles. The minimum absolute atomic E-state index is 0.210. The molecule has 0 spiro atoms. The molecule has 2 N–H and O–H groups in total. The van der Waals surface area contributed by atoms with Crippen molar-refractivity contribution in [2.45, 2.75) is 19.8 Å². The fourth-order valence-corrected chi connectivity index (χ4v) is 0.545. The van der Waals surface area contributed by atoms with Crippen molar-refractivity contribution in [1.82, 2.24) is 5.48 Å². The van der Waals surface area contributed by atoms with Gasteiger partial charge in [0.2, 0.25) is 0 Å². The van der Waals surface area contributed by atoms with Crippen LogP contribution in [0.4, 0.5) is 0 Å². The number of hydroxylamine groups is 1. The van der Waals surface area contributed by atoms with E-state index in [-0.39, 0.29) is 5.97 Å². The minimum Gasteiger partial charge on any atom is -0.466 e. The first-order chi connectivity index (χ1) is 4.81. The first kappa shape index (κ1) is 9.39. The summed E-state index contributed by atoms with van der Waals surface area (Å²) in [6.45, 7) is 2.62. The van der Waals surface area contributed by atoms with Crippen molar-refractivity contribution in [3.63, 3.8) is 0 Å². The van der Waals surface area contributed by atoms with Crippen LogP contribution >= 0.6 is 0 Å². The maximum Gasteiger partial charge on any atom is 0.305 e. The Balaban J connectivity index is 3.05. The van der Waals surface area contributed by atoms with Gasteiger partial charge in [-0.3, -0.25) is 4.79 Å². The molecule has 60 valence electrons. The lowest BCUT2D eigenvalue weighted by Gasteiger charge is -1.99. The van der Waals surface area contributed by atoms with Crippen LogP contribution in [0.3, 0.4) is 0 Å². The van der Waals surface area contributed by atoms with Gasteiger partial charge in [-0.25, -0.2) is 5.48 Å². The summed E-state index contributed by atoms with van der Waals surface area (Å²) < 4.78 is 4.64. The number of hydrogen-bond acceptors (Lipinski definition) is 4. The fourth-order valence-electron chi connectivity index (χ4n) is 0.545. The van der Waals surface area contributed by atoms with Crippen LogP contribution in [0.5, 0.6) is 0 Å². The van der Waals surface area contributed by atoms with Gasteiger partial charge in [-0.15, -0.1) is 0 Å². The van der Waals surface area contributed by atoms with Gasteiger partial charge in [0.15, 0.2) is 0 Å². The van der Waals surface area contributed by atoms with E-state index in [0.29, 0.717) is 26.0 Å². The summed E-state index contributed by atoms with van der Waals surface area (Å²) in [4.78, 5) is 10.6. The predicted molar refractivity (Wildman–Crippen MR) is 35.7 cm³/mol. The maximum atomic E-state index is 10.6. The van der Waals surface area contributed by atoms with Gasteiger partial charge in [0.05, 0.1) is 6.61 Å². The molecule has 0 saturated carbocycles. The highest BCUT2D eigenvalue weighted by molar-refractivity contribution is 5.69. The lowest BCUT2D eigenvalue weighted by Crippen LogP contribution is -2.11. The van der Waals surface area contributed by atoms with Crippen molar-refractivity contribution < 1.29 is 14.7 Å². The molecule has 0 aliphatic heterocycles. The second-order valence-electron chi connectivity index (χ2n) is 1.82. The van der Waals surface area contributed by atoms with Crippen molar-refractivity contribution in [3.05, 3.63) is 0 Å². The summed E-state index contributed by atoms with van der Waals surface area (Å²) in [5.74, 6) is -0.210. The van der Waals surface area contributed by atoms with Gasteiger partial charge in [-0.2, -0.15) is 0 Å². The van der Waals surface area contributed by atoms with Crippen LogP contribution in [0.25, 0.3) is 0 Å². The van der Waals surface area contributed by atoms with E-state index in [1.165, 1.54) is 0 Å². The highest BCUT2D eigenvalue weighted by Gasteiger charge is 1.98. The molecular weight excluding hydrogens is 134 g/mol. The summed E-state index contributed by atoms with van der Waals surface area (Å²) in [6.07, 6.45) is 0.969. The van der Waals surface area contributed by atoms with Gasteiger partial charge in [0.25, 0.3) is 0 Å². The summed E-state index contributed by atoms with van der Waals surface area (Å²) in [7, 11) is 0. The largest absolute Gasteiger partial charge is 0.466 e. The molecule has 0 bridgehead atoms. The standard InChI is InChI=1S/C6H13NO3/c1-2-10-6(8)4-3-5-7-9/h7,9H,2-5H2,1H3. The molecule has 0 aromatic heterocycles. The number of ether oxygens (including phenoxy) is 1. The number of carbonyl (C=O) groups excluding carboxylic acids is 1. The molecule has 0 aromatic rings. The van der Waals surface area contributed by atoms with Crippen LogP contribution in [0.15, 0.2) is 0 Å². The zero-order valence-electron chi connectivity index (χ0n) is 6.09. The monoisotopic (exact) mass is 147 g/mol. The van der Waals surface area contributed by atoms with Gasteiger partial charge in [-0.05, 0) is 13.3 Å². The van der Waals surface area contributed by atoms with Crippen LogP contribution in [-0.4, -0.2) is 24.3 Å². The first-order valence-corrected chi connectivity index (χ1v) is 3.33. The normalized spacial score (nSPS) is 9.40. The summed E-state index contributed by atoms with van der Waals surface area (Å²) in [6, 6.07) is 0. The Labute approximate surface area is 60.1 Å². The topological polar surface area (TPSA) is 58.6 Å². The SMILES string of the molecule is CCOC(=O)CCCNO. The van der Waals surface area contributed by atoms with Crippen LogP contribution in [0.1, 0.15) is 19.8 Å². The smallest absolute Gasteiger partial charge is 0.305 e. The predicted octanol–water partition coefficient (Wildman–Crippen LogP) is 0.308. The molecule has 0 radical (unpaired) electrons. The van der Waals surface area contributed by atoms with E-state index >= 15 is 0 Å². The van der Waals surface area contributed by atoms with Gasteiger partial charge in [0, 0.05) is 13.0 Å². The number of nitrogens with one attached hydrogen (secondary N) is 1. The molecule has 4 nitrogen and oxygen atoms in total. The van der Waals surface area contributed by atoms with Crippen LogP contribution in [0.2, 0.25) is 0 Å². The van der Waals surface area contributed by atoms with Crippen molar-refractivity contribution in [2.75, 3.05) is 13.2 Å². The molecule has 0 saturated heterocycles. The Morgan fingerprint density at radius 3 is 2.90 bits per heavy atom. The molecule has 0 fully saturated rings. The summed E-state index contributed by atoms with van der Waals surface area (Å²) in [5, 5.41) is 8.11.